The molecule has 1 amide bonds. The summed E-state index contributed by atoms with van der Waals surface area (Å²) in [5, 5.41) is 3.53. The number of halogens is 1. The van der Waals surface area contributed by atoms with E-state index in [0.29, 0.717) is 30.2 Å². The number of nitrogens with zero attached hydrogens (tertiary/aromatic N) is 2. The first-order valence-electron chi connectivity index (χ1n) is 11.7. The van der Waals surface area contributed by atoms with Crippen LogP contribution >= 0.6 is 11.6 Å². The number of para-hydroxylation sites is 2. The Kier molecular flexibility index (Phi) is 7.86. The van der Waals surface area contributed by atoms with Crippen LogP contribution < -0.4 is 10.1 Å². The molecule has 0 saturated carbocycles. The van der Waals surface area contributed by atoms with E-state index in [1.807, 2.05) is 24.3 Å². The summed E-state index contributed by atoms with van der Waals surface area (Å²) in [4.78, 5) is 17.3. The molecule has 0 saturated heterocycles. The van der Waals surface area contributed by atoms with Crippen molar-refractivity contribution in [1.29, 1.82) is 0 Å². The Balaban J connectivity index is 1.33. The third kappa shape index (κ3) is 5.97. The number of aryl methyl sites for hydroxylation is 3. The van der Waals surface area contributed by atoms with E-state index in [9.17, 15) is 4.79 Å². The van der Waals surface area contributed by atoms with Gasteiger partial charge in [-0.1, -0.05) is 35.9 Å². The maximum absolute atomic E-state index is 12.4. The van der Waals surface area contributed by atoms with E-state index >= 15 is 0 Å². The number of rotatable bonds is 10. The number of ether oxygens (including phenoxy) is 1. The van der Waals surface area contributed by atoms with Gasteiger partial charge in [0.1, 0.15) is 11.6 Å². The second kappa shape index (κ2) is 11.2. The number of amides is 1. The van der Waals surface area contributed by atoms with Crippen LogP contribution in [0, 0.1) is 13.8 Å². The molecular weight excluding hydrogens is 446 g/mol. The predicted molar refractivity (Wildman–Crippen MR) is 138 cm³/mol. The molecule has 3 aromatic carbocycles. The van der Waals surface area contributed by atoms with Gasteiger partial charge in [-0.2, -0.15) is 0 Å². The SMILES string of the molecule is Cc1ccc(OCCCCn2c(CCNC(=O)c3cccc(Cl)c3)nc3ccccc32)cc1C. The number of hydrogen-bond donors (Lipinski definition) is 1. The molecule has 0 atom stereocenters. The molecular formula is C28H30ClN3O2. The van der Waals surface area contributed by atoms with E-state index in [4.69, 9.17) is 21.3 Å². The molecule has 0 aliphatic rings. The van der Waals surface area contributed by atoms with E-state index in [1.165, 1.54) is 11.1 Å². The molecule has 176 valence electrons. The number of aromatic nitrogens is 2. The van der Waals surface area contributed by atoms with Crippen LogP contribution in [0.5, 0.6) is 5.75 Å². The third-order valence-corrected chi connectivity index (χ3v) is 6.21. The van der Waals surface area contributed by atoms with Gasteiger partial charge in [0.2, 0.25) is 0 Å². The van der Waals surface area contributed by atoms with Crippen molar-refractivity contribution >= 4 is 28.5 Å². The van der Waals surface area contributed by atoms with E-state index in [-0.39, 0.29) is 5.91 Å². The van der Waals surface area contributed by atoms with Crippen molar-refractivity contribution in [2.45, 2.75) is 39.7 Å². The van der Waals surface area contributed by atoms with Crippen molar-refractivity contribution in [3.05, 3.63) is 94.3 Å². The molecule has 1 N–H and O–H groups in total. The number of unbranched alkanes of at least 4 members (excludes halogenated alkanes) is 1. The number of carbonyl (C=O) groups excluding carboxylic acids is 1. The van der Waals surface area contributed by atoms with E-state index in [2.05, 4.69) is 41.9 Å². The van der Waals surface area contributed by atoms with Crippen LogP contribution in [0.15, 0.2) is 66.7 Å². The lowest BCUT2D eigenvalue weighted by molar-refractivity contribution is 0.0954. The second-order valence-electron chi connectivity index (χ2n) is 8.49. The Labute approximate surface area is 205 Å². The fraction of sp³-hybridized carbons (Fsp3) is 0.286. The van der Waals surface area contributed by atoms with E-state index in [1.54, 1.807) is 24.3 Å². The summed E-state index contributed by atoms with van der Waals surface area (Å²) in [6.07, 6.45) is 2.58. The maximum Gasteiger partial charge on any atom is 0.251 e. The van der Waals surface area contributed by atoms with Gasteiger partial charge in [0.25, 0.3) is 5.91 Å². The smallest absolute Gasteiger partial charge is 0.251 e. The average molecular weight is 476 g/mol. The van der Waals surface area contributed by atoms with Gasteiger partial charge in [-0.25, -0.2) is 4.98 Å². The van der Waals surface area contributed by atoms with Crippen LogP contribution in [0.1, 0.15) is 40.2 Å². The molecule has 6 heteroatoms. The summed E-state index contributed by atoms with van der Waals surface area (Å²) in [5.41, 5.74) is 5.17. The number of benzene rings is 3. The minimum Gasteiger partial charge on any atom is -0.494 e. The van der Waals surface area contributed by atoms with Crippen LogP contribution in [0.3, 0.4) is 0 Å². The zero-order chi connectivity index (χ0) is 23.9. The molecule has 1 heterocycles. The van der Waals surface area contributed by atoms with Gasteiger partial charge in [-0.3, -0.25) is 4.79 Å². The molecule has 4 aromatic rings. The predicted octanol–water partition coefficient (Wildman–Crippen LogP) is 6.14. The standard InChI is InChI=1S/C28H30ClN3O2/c1-20-12-13-24(18-21(20)2)34-17-6-5-16-32-26-11-4-3-10-25(26)31-27(32)14-15-30-28(33)22-8-7-9-23(29)19-22/h3-4,7-13,18-19H,5-6,14-17H2,1-2H3,(H,30,33). The van der Waals surface area contributed by atoms with Gasteiger partial charge < -0.3 is 14.6 Å². The third-order valence-electron chi connectivity index (χ3n) is 5.98. The number of hydrogen-bond acceptors (Lipinski definition) is 3. The van der Waals surface area contributed by atoms with Gasteiger partial charge in [0.05, 0.1) is 17.6 Å². The van der Waals surface area contributed by atoms with Crippen LogP contribution in [0.2, 0.25) is 5.02 Å². The number of imidazole rings is 1. The minimum atomic E-state index is -0.131. The first kappa shape index (κ1) is 23.8. The highest BCUT2D eigenvalue weighted by Crippen LogP contribution is 2.19. The molecule has 34 heavy (non-hydrogen) atoms. The van der Waals surface area contributed by atoms with Crippen molar-refractivity contribution in [2.75, 3.05) is 13.2 Å². The molecule has 0 spiro atoms. The Morgan fingerprint density at radius 2 is 1.85 bits per heavy atom. The lowest BCUT2D eigenvalue weighted by atomic mass is 10.1. The van der Waals surface area contributed by atoms with Gasteiger partial charge in [-0.15, -0.1) is 0 Å². The van der Waals surface area contributed by atoms with Crippen LogP contribution in [-0.4, -0.2) is 28.6 Å². The van der Waals surface area contributed by atoms with Crippen LogP contribution in [0.25, 0.3) is 11.0 Å². The van der Waals surface area contributed by atoms with Gasteiger partial charge >= 0.3 is 0 Å². The molecule has 5 nitrogen and oxygen atoms in total. The number of fused-ring (bicyclic) bond motifs is 1. The Morgan fingerprint density at radius 1 is 1.00 bits per heavy atom. The van der Waals surface area contributed by atoms with Gasteiger partial charge in [0, 0.05) is 30.1 Å². The zero-order valence-corrected chi connectivity index (χ0v) is 20.4. The summed E-state index contributed by atoms with van der Waals surface area (Å²) >= 11 is 6.00. The summed E-state index contributed by atoms with van der Waals surface area (Å²) in [6, 6.07) is 21.4. The second-order valence-corrected chi connectivity index (χ2v) is 8.92. The molecule has 0 bridgehead atoms. The van der Waals surface area contributed by atoms with E-state index in [0.717, 1.165) is 42.0 Å². The Bertz CT molecular complexity index is 1280. The molecule has 0 fully saturated rings. The van der Waals surface area contributed by atoms with Crippen LogP contribution in [0.4, 0.5) is 0 Å². The molecule has 0 radical (unpaired) electrons. The number of carbonyl (C=O) groups is 1. The van der Waals surface area contributed by atoms with E-state index < -0.39 is 0 Å². The Hall–Kier alpha value is -3.31. The maximum atomic E-state index is 12.4. The molecule has 0 unspecified atom stereocenters. The summed E-state index contributed by atoms with van der Waals surface area (Å²) in [6.45, 7) is 6.25. The van der Waals surface area contributed by atoms with Gasteiger partial charge in [-0.05, 0) is 80.3 Å². The topological polar surface area (TPSA) is 56.1 Å². The zero-order valence-electron chi connectivity index (χ0n) is 19.7. The highest BCUT2D eigenvalue weighted by atomic mass is 35.5. The summed E-state index contributed by atoms with van der Waals surface area (Å²) < 4.78 is 8.20. The highest BCUT2D eigenvalue weighted by Gasteiger charge is 2.12. The first-order chi connectivity index (χ1) is 16.5. The summed E-state index contributed by atoms with van der Waals surface area (Å²) in [7, 11) is 0. The monoisotopic (exact) mass is 475 g/mol. The van der Waals surface area contributed by atoms with Gasteiger partial charge in [0.15, 0.2) is 0 Å². The molecule has 0 aliphatic carbocycles. The molecule has 0 aliphatic heterocycles. The average Bonchev–Trinajstić information content (AvgIpc) is 3.18. The number of nitrogens with one attached hydrogen (secondary N) is 1. The fourth-order valence-corrected chi connectivity index (χ4v) is 4.14. The van der Waals surface area contributed by atoms with Crippen LogP contribution in [-0.2, 0) is 13.0 Å². The Morgan fingerprint density at radius 3 is 2.68 bits per heavy atom. The largest absolute Gasteiger partial charge is 0.494 e. The normalized spacial score (nSPS) is 11.0. The quantitative estimate of drug-likeness (QED) is 0.280. The molecule has 4 rings (SSSR count). The summed E-state index contributed by atoms with van der Waals surface area (Å²) in [5.74, 6) is 1.77. The van der Waals surface area contributed by atoms with Crippen molar-refractivity contribution in [3.8, 4) is 5.75 Å². The van der Waals surface area contributed by atoms with Crippen molar-refractivity contribution in [3.63, 3.8) is 0 Å². The fourth-order valence-electron chi connectivity index (χ4n) is 3.95. The molecule has 1 aromatic heterocycles. The highest BCUT2D eigenvalue weighted by molar-refractivity contribution is 6.30. The van der Waals surface area contributed by atoms with Crippen molar-refractivity contribution in [1.82, 2.24) is 14.9 Å². The van der Waals surface area contributed by atoms with Crippen molar-refractivity contribution in [2.24, 2.45) is 0 Å². The first-order valence-corrected chi connectivity index (χ1v) is 12.1. The lowest BCUT2D eigenvalue weighted by Crippen LogP contribution is -2.26. The van der Waals surface area contributed by atoms with Crippen molar-refractivity contribution < 1.29 is 9.53 Å². The minimum absolute atomic E-state index is 0.131. The lowest BCUT2D eigenvalue weighted by Gasteiger charge is -2.11.